The van der Waals surface area contributed by atoms with Gasteiger partial charge in [-0.15, -0.1) is 0 Å². The Morgan fingerprint density at radius 3 is 1.43 bits per heavy atom. The summed E-state index contributed by atoms with van der Waals surface area (Å²) in [6, 6.07) is 38.3. The van der Waals surface area contributed by atoms with Crippen LogP contribution in [0.1, 0.15) is 48.2 Å². The van der Waals surface area contributed by atoms with Crippen molar-refractivity contribution < 1.29 is 0 Å². The van der Waals surface area contributed by atoms with Crippen LogP contribution < -0.4 is 21.3 Å². The molecule has 5 aromatic rings. The van der Waals surface area contributed by atoms with Crippen molar-refractivity contribution in [2.24, 2.45) is 0 Å². The average Bonchev–Trinajstić information content (AvgIpc) is 2.98. The van der Waals surface area contributed by atoms with Crippen LogP contribution in [0, 0.1) is 0 Å². The standard InChI is InChI=1S/C34H34N4S2/c1-23(29-18-8-14-27-12-3-5-16-31(27)29)37-33(39)35-21-25-10-7-11-26(20-25)22-36-34(40)38-24(2)30-19-9-15-28-13-4-6-17-32(28)30/h3-20,23-24H,21-22H2,1-2H3,(H2,35,37,39)(H2,36,38,40)/t23-,24-/m0/s1. The van der Waals surface area contributed by atoms with Crippen LogP contribution in [-0.2, 0) is 13.1 Å². The zero-order chi connectivity index (χ0) is 27.9. The molecule has 0 heterocycles. The van der Waals surface area contributed by atoms with Crippen LogP contribution in [0.3, 0.4) is 0 Å². The quantitative estimate of drug-likeness (QED) is 0.147. The van der Waals surface area contributed by atoms with Crippen LogP contribution >= 0.6 is 24.4 Å². The van der Waals surface area contributed by atoms with Crippen molar-refractivity contribution in [1.82, 2.24) is 21.3 Å². The van der Waals surface area contributed by atoms with Crippen molar-refractivity contribution in [2.75, 3.05) is 0 Å². The SMILES string of the molecule is C[C@H](NC(=S)NCc1cccc(CNC(=S)N[C@@H](C)c2cccc3ccccc23)c1)c1cccc2ccccc12. The number of hydrogen-bond acceptors (Lipinski definition) is 2. The highest BCUT2D eigenvalue weighted by molar-refractivity contribution is 7.80. The Labute approximate surface area is 247 Å². The van der Waals surface area contributed by atoms with Crippen molar-refractivity contribution in [3.63, 3.8) is 0 Å². The first-order chi connectivity index (χ1) is 19.5. The van der Waals surface area contributed by atoms with Gasteiger partial charge in [-0.25, -0.2) is 0 Å². The summed E-state index contributed by atoms with van der Waals surface area (Å²) in [6.07, 6.45) is 0. The van der Waals surface area contributed by atoms with Gasteiger partial charge in [-0.1, -0.05) is 109 Å². The Balaban J connectivity index is 1.12. The highest BCUT2D eigenvalue weighted by atomic mass is 32.1. The minimum Gasteiger partial charge on any atom is -0.359 e. The molecule has 6 heteroatoms. The smallest absolute Gasteiger partial charge is 0.167 e. The Hall–Kier alpha value is -4.00. The fourth-order valence-electron chi connectivity index (χ4n) is 5.12. The molecule has 5 rings (SSSR count). The van der Waals surface area contributed by atoms with Gasteiger partial charge in [0.05, 0.1) is 12.1 Å². The second kappa shape index (κ2) is 12.9. The molecule has 0 aliphatic heterocycles. The molecule has 0 aliphatic rings. The fourth-order valence-corrected chi connectivity index (χ4v) is 5.62. The van der Waals surface area contributed by atoms with Gasteiger partial charge in [0.25, 0.3) is 0 Å². The summed E-state index contributed by atoms with van der Waals surface area (Å²) in [7, 11) is 0. The van der Waals surface area contributed by atoms with E-state index in [0.717, 1.165) is 11.1 Å². The molecule has 0 saturated carbocycles. The van der Waals surface area contributed by atoms with Crippen LogP contribution in [0.2, 0.25) is 0 Å². The van der Waals surface area contributed by atoms with Gasteiger partial charge in [-0.05, 0) is 82.1 Å². The van der Waals surface area contributed by atoms with E-state index in [9.17, 15) is 0 Å². The number of fused-ring (bicyclic) bond motifs is 2. The number of rotatable bonds is 8. The number of benzene rings is 5. The van der Waals surface area contributed by atoms with Gasteiger partial charge < -0.3 is 21.3 Å². The molecule has 2 atom stereocenters. The van der Waals surface area contributed by atoms with Crippen LogP contribution in [0.5, 0.6) is 0 Å². The topological polar surface area (TPSA) is 48.1 Å². The van der Waals surface area contributed by atoms with Crippen LogP contribution in [0.15, 0.2) is 109 Å². The van der Waals surface area contributed by atoms with Crippen LogP contribution in [0.4, 0.5) is 0 Å². The molecule has 4 N–H and O–H groups in total. The Kier molecular flexibility index (Phi) is 8.89. The second-order valence-electron chi connectivity index (χ2n) is 10.1. The van der Waals surface area contributed by atoms with E-state index in [1.807, 2.05) is 0 Å². The molecule has 0 bridgehead atoms. The van der Waals surface area contributed by atoms with Gasteiger partial charge >= 0.3 is 0 Å². The first-order valence-electron chi connectivity index (χ1n) is 13.6. The highest BCUT2D eigenvalue weighted by Gasteiger charge is 2.12. The average molecular weight is 563 g/mol. The number of nitrogens with one attached hydrogen (secondary N) is 4. The van der Waals surface area contributed by atoms with Gasteiger partial charge in [0.15, 0.2) is 10.2 Å². The van der Waals surface area contributed by atoms with Crippen molar-refractivity contribution in [3.05, 3.63) is 131 Å². The summed E-state index contributed by atoms with van der Waals surface area (Å²) in [5.41, 5.74) is 4.78. The molecule has 5 aromatic carbocycles. The van der Waals surface area contributed by atoms with E-state index in [0.29, 0.717) is 23.3 Å². The van der Waals surface area contributed by atoms with Gasteiger partial charge in [-0.2, -0.15) is 0 Å². The molecular weight excluding hydrogens is 529 g/mol. The van der Waals surface area contributed by atoms with E-state index in [-0.39, 0.29) is 12.1 Å². The third-order valence-corrected chi connectivity index (χ3v) is 7.70. The predicted molar refractivity (Wildman–Crippen MR) is 176 cm³/mol. The zero-order valence-electron chi connectivity index (χ0n) is 22.8. The lowest BCUT2D eigenvalue weighted by Crippen LogP contribution is -2.37. The van der Waals surface area contributed by atoms with E-state index < -0.39 is 0 Å². The van der Waals surface area contributed by atoms with Gasteiger partial charge in [0.1, 0.15) is 0 Å². The monoisotopic (exact) mass is 562 g/mol. The summed E-state index contributed by atoms with van der Waals surface area (Å²) in [4.78, 5) is 0. The van der Waals surface area contributed by atoms with Gasteiger partial charge in [0, 0.05) is 13.1 Å². The molecule has 0 fully saturated rings. The molecule has 4 nitrogen and oxygen atoms in total. The van der Waals surface area contributed by atoms with E-state index in [1.165, 1.54) is 32.7 Å². The highest BCUT2D eigenvalue weighted by Crippen LogP contribution is 2.25. The summed E-state index contributed by atoms with van der Waals surface area (Å²) in [6.45, 7) is 5.56. The minimum atomic E-state index is 0.0893. The summed E-state index contributed by atoms with van der Waals surface area (Å²) >= 11 is 11.2. The van der Waals surface area contributed by atoms with Gasteiger partial charge in [0.2, 0.25) is 0 Å². The maximum absolute atomic E-state index is 5.62. The Bertz CT molecular complexity index is 1520. The largest absolute Gasteiger partial charge is 0.359 e. The molecule has 0 aromatic heterocycles. The predicted octanol–water partition coefficient (Wildman–Crippen LogP) is 7.44. The second-order valence-corrected chi connectivity index (χ2v) is 10.9. The maximum Gasteiger partial charge on any atom is 0.167 e. The number of hydrogen-bond donors (Lipinski definition) is 4. The Morgan fingerprint density at radius 1 is 0.550 bits per heavy atom. The summed E-state index contributed by atoms with van der Waals surface area (Å²) in [5.74, 6) is 0. The van der Waals surface area contributed by atoms with Crippen molar-refractivity contribution in [2.45, 2.75) is 39.0 Å². The molecule has 0 amide bonds. The lowest BCUT2D eigenvalue weighted by molar-refractivity contribution is 0.701. The molecule has 0 aliphatic carbocycles. The van der Waals surface area contributed by atoms with E-state index in [1.54, 1.807) is 0 Å². The lowest BCUT2D eigenvalue weighted by atomic mass is 10.00. The van der Waals surface area contributed by atoms with Crippen molar-refractivity contribution >= 4 is 56.2 Å². The molecular formula is C34H34N4S2. The molecule has 40 heavy (non-hydrogen) atoms. The molecule has 202 valence electrons. The fraction of sp³-hybridized carbons (Fsp3) is 0.176. The van der Waals surface area contributed by atoms with Crippen LogP contribution in [-0.4, -0.2) is 10.2 Å². The van der Waals surface area contributed by atoms with Crippen LogP contribution in [0.25, 0.3) is 21.5 Å². The third kappa shape index (κ3) is 6.76. The first-order valence-corrected chi connectivity index (χ1v) is 14.4. The maximum atomic E-state index is 5.62. The zero-order valence-corrected chi connectivity index (χ0v) is 24.4. The number of thiocarbonyl (C=S) groups is 2. The van der Waals surface area contributed by atoms with E-state index in [2.05, 4.69) is 144 Å². The third-order valence-electron chi connectivity index (χ3n) is 7.17. The molecule has 0 unspecified atom stereocenters. The molecule has 0 spiro atoms. The minimum absolute atomic E-state index is 0.0893. The van der Waals surface area contributed by atoms with E-state index in [4.69, 9.17) is 24.4 Å². The lowest BCUT2D eigenvalue weighted by Gasteiger charge is -2.20. The molecule has 0 saturated heterocycles. The summed E-state index contributed by atoms with van der Waals surface area (Å²) < 4.78 is 0. The van der Waals surface area contributed by atoms with E-state index >= 15 is 0 Å². The Morgan fingerprint density at radius 2 is 0.950 bits per heavy atom. The van der Waals surface area contributed by atoms with Crippen molar-refractivity contribution in [3.8, 4) is 0 Å². The summed E-state index contributed by atoms with van der Waals surface area (Å²) in [5, 5.41) is 19.8. The first kappa shape index (κ1) is 27.6. The molecule has 0 radical (unpaired) electrons. The van der Waals surface area contributed by atoms with Gasteiger partial charge in [-0.3, -0.25) is 0 Å². The van der Waals surface area contributed by atoms with Crippen molar-refractivity contribution in [1.29, 1.82) is 0 Å². The normalized spacial score (nSPS) is 12.4.